The largest absolute Gasteiger partial charge is 0.481 e. The number of nitrogens with zero attached hydrogens (tertiary/aromatic N) is 1. The zero-order valence-corrected chi connectivity index (χ0v) is 24.5. The van der Waals surface area contributed by atoms with E-state index in [4.69, 9.17) is 49.4 Å². The molecule has 2 aliphatic rings. The molecule has 37 heavy (non-hydrogen) atoms. The molecule has 0 aromatic heterocycles. The summed E-state index contributed by atoms with van der Waals surface area (Å²) in [5, 5.41) is 9.30. The number of ether oxygens (including phenoxy) is 1. The molecule has 3 atom stereocenters. The van der Waals surface area contributed by atoms with E-state index >= 15 is 0 Å². The van der Waals surface area contributed by atoms with Gasteiger partial charge in [0.1, 0.15) is 6.61 Å². The number of morpholine rings is 1. The molecule has 10 heteroatoms. The van der Waals surface area contributed by atoms with E-state index in [2.05, 4.69) is 0 Å². The van der Waals surface area contributed by atoms with Crippen molar-refractivity contribution in [2.75, 3.05) is 19.0 Å². The summed E-state index contributed by atoms with van der Waals surface area (Å²) in [5.74, 6) is 0.140. The second-order valence-corrected chi connectivity index (χ2v) is 13.3. The number of carbonyl (C=O) groups excluding carboxylic acids is 1. The van der Waals surface area contributed by atoms with Crippen molar-refractivity contribution in [1.82, 2.24) is 4.90 Å². The van der Waals surface area contributed by atoms with Crippen molar-refractivity contribution in [3.05, 3.63) is 69.2 Å². The molecule has 0 spiro atoms. The fraction of sp³-hybridized carbons (Fsp3) is 0.481. The van der Waals surface area contributed by atoms with Crippen LogP contribution in [0.15, 0.2) is 48.5 Å². The number of carbonyl (C=O) groups is 2. The van der Waals surface area contributed by atoms with E-state index < -0.39 is 16.8 Å². The molecule has 1 amide bonds. The highest BCUT2D eigenvalue weighted by Gasteiger charge is 2.44. The van der Waals surface area contributed by atoms with Crippen molar-refractivity contribution in [2.24, 2.45) is 5.92 Å². The Hall–Kier alpha value is -1.64. The van der Waals surface area contributed by atoms with Crippen LogP contribution in [0.5, 0.6) is 0 Å². The van der Waals surface area contributed by atoms with Crippen LogP contribution in [-0.2, 0) is 25.1 Å². The monoisotopic (exact) mass is 589 g/mol. The molecular weight excluding hydrogens is 557 g/mol. The lowest BCUT2D eigenvalue weighted by Crippen LogP contribution is -2.53. The van der Waals surface area contributed by atoms with E-state index in [0.717, 1.165) is 25.3 Å². The molecule has 2 fully saturated rings. The zero-order chi connectivity index (χ0) is 27.8. The molecule has 1 saturated carbocycles. The van der Waals surface area contributed by atoms with Crippen molar-refractivity contribution in [3.63, 3.8) is 0 Å². The smallest absolute Gasteiger partial charge is 0.300 e. The van der Waals surface area contributed by atoms with E-state index in [-0.39, 0.29) is 29.3 Å². The molecule has 1 N–H and O–H groups in total. The van der Waals surface area contributed by atoms with Gasteiger partial charge in [-0.15, -0.1) is 0 Å². The molecule has 0 radical (unpaired) electrons. The third-order valence-electron chi connectivity index (χ3n) is 5.73. The molecule has 204 valence electrons. The minimum Gasteiger partial charge on any atom is -0.481 e. The van der Waals surface area contributed by atoms with Gasteiger partial charge in [-0.25, -0.2) is 0 Å². The first-order valence-electron chi connectivity index (χ1n) is 11.9. The molecule has 6 nitrogen and oxygen atoms in total. The van der Waals surface area contributed by atoms with Gasteiger partial charge in [-0.3, -0.25) is 13.8 Å². The average molecular weight is 591 g/mol. The molecule has 2 aromatic rings. The maximum absolute atomic E-state index is 12.8. The molecular formula is C27H34Cl3NO5S. The Kier molecular flexibility index (Phi) is 12.4. The Bertz CT molecular complexity index is 1050. The quantitative estimate of drug-likeness (QED) is 0.422. The van der Waals surface area contributed by atoms with Crippen molar-refractivity contribution in [2.45, 2.75) is 57.4 Å². The van der Waals surface area contributed by atoms with Gasteiger partial charge in [-0.05, 0) is 69.4 Å². The normalized spacial score (nSPS) is 19.1. The summed E-state index contributed by atoms with van der Waals surface area (Å²) in [6.45, 7) is 7.63. The highest BCUT2D eigenvalue weighted by atomic mass is 35.5. The van der Waals surface area contributed by atoms with E-state index in [1.807, 2.05) is 62.1 Å². The number of carboxylic acid groups (broad SMARTS) is 1. The van der Waals surface area contributed by atoms with E-state index in [9.17, 15) is 9.00 Å². The molecule has 1 aliphatic heterocycles. The van der Waals surface area contributed by atoms with Crippen molar-refractivity contribution >= 4 is 57.5 Å². The molecule has 4 rings (SSSR count). The van der Waals surface area contributed by atoms with Crippen molar-refractivity contribution in [3.8, 4) is 0 Å². The van der Waals surface area contributed by atoms with Crippen molar-refractivity contribution < 1.29 is 23.6 Å². The molecule has 1 heterocycles. The summed E-state index contributed by atoms with van der Waals surface area (Å²) in [4.78, 5) is 23.7. The summed E-state index contributed by atoms with van der Waals surface area (Å²) in [6.07, 6.45) is 2.20. The average Bonchev–Trinajstić information content (AvgIpc) is 3.65. The summed E-state index contributed by atoms with van der Waals surface area (Å²) in [5.41, 5.74) is 1.02. The summed E-state index contributed by atoms with van der Waals surface area (Å²) in [7, 11) is -0.995. The fourth-order valence-electron chi connectivity index (χ4n) is 3.71. The van der Waals surface area contributed by atoms with Crippen LogP contribution in [0.3, 0.4) is 0 Å². The Morgan fingerprint density at radius 3 is 2.03 bits per heavy atom. The predicted molar refractivity (Wildman–Crippen MR) is 151 cm³/mol. The van der Waals surface area contributed by atoms with Gasteiger partial charge in [-0.2, -0.15) is 0 Å². The first kappa shape index (κ1) is 31.6. The van der Waals surface area contributed by atoms with Gasteiger partial charge >= 0.3 is 0 Å². The SMILES string of the molecule is CC(=O)O.CC(C)(C)S(=O)CC(C1CC1)N1C(=O)COCC1c1ccc(Cl)cc1.Clc1ccccc1Cl. The van der Waals surface area contributed by atoms with Crippen LogP contribution in [0.2, 0.25) is 15.1 Å². The van der Waals surface area contributed by atoms with E-state index in [0.29, 0.717) is 33.3 Å². The minimum atomic E-state index is -0.995. The minimum absolute atomic E-state index is 0.00555. The molecule has 3 unspecified atom stereocenters. The zero-order valence-electron chi connectivity index (χ0n) is 21.5. The highest BCUT2D eigenvalue weighted by Crippen LogP contribution is 2.40. The summed E-state index contributed by atoms with van der Waals surface area (Å²) >= 11 is 17.2. The van der Waals surface area contributed by atoms with Crippen LogP contribution in [0.25, 0.3) is 0 Å². The topological polar surface area (TPSA) is 83.9 Å². The standard InChI is InChI=1S/C19H26ClNO3S.C6H4Cl2.C2H4O2/c1-19(2,3)25(23)12-17(14-4-5-14)21-16(10-24-11-18(21)22)13-6-8-15(20)9-7-13;7-5-3-1-2-4-6(5)8;1-2(3)4/h6-9,14,16-17H,4-5,10-12H2,1-3H3;1-4H;1H3,(H,3,4). The van der Waals surface area contributed by atoms with E-state index in [1.54, 1.807) is 12.1 Å². The number of benzene rings is 2. The number of halogens is 3. The second kappa shape index (κ2) is 14.5. The van der Waals surface area contributed by atoms with Crippen molar-refractivity contribution in [1.29, 1.82) is 0 Å². The van der Waals surface area contributed by atoms with Crippen LogP contribution >= 0.6 is 34.8 Å². The van der Waals surface area contributed by atoms with Gasteiger partial charge in [0.15, 0.2) is 0 Å². The Morgan fingerprint density at radius 2 is 1.59 bits per heavy atom. The number of hydrogen-bond acceptors (Lipinski definition) is 4. The van der Waals surface area contributed by atoms with E-state index in [1.165, 1.54) is 0 Å². The third kappa shape index (κ3) is 10.6. The third-order valence-corrected chi connectivity index (χ3v) is 8.75. The lowest BCUT2D eigenvalue weighted by molar-refractivity contribution is -0.152. The second-order valence-electron chi connectivity index (χ2n) is 9.85. The Labute approximate surface area is 236 Å². The van der Waals surface area contributed by atoms with Crippen LogP contribution in [-0.4, -0.2) is 55.8 Å². The maximum Gasteiger partial charge on any atom is 0.300 e. The lowest BCUT2D eigenvalue weighted by atomic mass is 10.0. The summed E-state index contributed by atoms with van der Waals surface area (Å²) in [6, 6.07) is 14.6. The first-order chi connectivity index (χ1) is 17.3. The first-order valence-corrected chi connectivity index (χ1v) is 14.4. The van der Waals surface area contributed by atoms with Gasteiger partial charge in [0, 0.05) is 39.3 Å². The Morgan fingerprint density at radius 1 is 1.08 bits per heavy atom. The van der Waals surface area contributed by atoms with Crippen LogP contribution in [0, 0.1) is 5.92 Å². The number of hydrogen-bond donors (Lipinski definition) is 1. The van der Waals surface area contributed by atoms with Crippen LogP contribution in [0.1, 0.15) is 52.1 Å². The molecule has 2 aromatic carbocycles. The number of rotatable bonds is 5. The molecule has 1 saturated heterocycles. The van der Waals surface area contributed by atoms with Gasteiger partial charge in [0.25, 0.3) is 5.97 Å². The highest BCUT2D eigenvalue weighted by molar-refractivity contribution is 7.86. The van der Waals surface area contributed by atoms with Gasteiger partial charge in [0.2, 0.25) is 5.91 Å². The molecule has 1 aliphatic carbocycles. The van der Waals surface area contributed by atoms with Gasteiger partial charge < -0.3 is 14.7 Å². The lowest BCUT2D eigenvalue weighted by Gasteiger charge is -2.42. The van der Waals surface area contributed by atoms with Crippen LogP contribution < -0.4 is 0 Å². The van der Waals surface area contributed by atoms with Crippen LogP contribution in [0.4, 0.5) is 0 Å². The maximum atomic E-state index is 12.8. The fourth-order valence-corrected chi connectivity index (χ4v) is 5.35. The van der Waals surface area contributed by atoms with Gasteiger partial charge in [-0.1, -0.05) is 59.1 Å². The number of amides is 1. The van der Waals surface area contributed by atoms with Gasteiger partial charge in [0.05, 0.1) is 22.7 Å². The summed E-state index contributed by atoms with van der Waals surface area (Å²) < 4.78 is 18.0. The number of carboxylic acids is 1. The number of aliphatic carboxylic acids is 1. The Balaban J connectivity index is 0.000000331. The predicted octanol–water partition coefficient (Wildman–Crippen LogP) is 6.65. The molecule has 0 bridgehead atoms.